The van der Waals surface area contributed by atoms with Gasteiger partial charge in [-0.25, -0.2) is 0 Å². The average Bonchev–Trinajstić information content (AvgIpc) is 2.58. The van der Waals surface area contributed by atoms with Crippen LogP contribution in [0.5, 0.6) is 0 Å². The maximum atomic E-state index is 12.5. The molecule has 5 heteroatoms. The van der Waals surface area contributed by atoms with E-state index < -0.39 is 0 Å². The average molecular weight is 363 g/mol. The predicted molar refractivity (Wildman–Crippen MR) is 100 cm³/mol. The molecule has 0 aliphatic carbocycles. The summed E-state index contributed by atoms with van der Waals surface area (Å²) in [5.41, 5.74) is 3.35. The number of anilines is 1. The summed E-state index contributed by atoms with van der Waals surface area (Å²) in [7, 11) is 0. The molecule has 1 heterocycles. The van der Waals surface area contributed by atoms with E-state index in [0.29, 0.717) is 16.5 Å². The molecule has 0 radical (unpaired) electrons. The molecule has 126 valence electrons. The van der Waals surface area contributed by atoms with Crippen LogP contribution in [-0.4, -0.2) is 37.0 Å². The fourth-order valence-electron chi connectivity index (χ4n) is 3.05. The first kappa shape index (κ1) is 17.1. The van der Waals surface area contributed by atoms with Crippen LogP contribution in [0, 0.1) is 6.92 Å². The molecule has 1 saturated heterocycles. The highest BCUT2D eigenvalue weighted by molar-refractivity contribution is 6.35. The quantitative estimate of drug-likeness (QED) is 0.816. The van der Waals surface area contributed by atoms with Crippen molar-refractivity contribution in [2.24, 2.45) is 0 Å². The number of piperazine rings is 1. The zero-order valence-electron chi connectivity index (χ0n) is 13.6. The number of halogens is 2. The minimum atomic E-state index is 0.114. The first-order valence-corrected chi connectivity index (χ1v) is 8.82. The number of amides is 1. The fourth-order valence-corrected chi connectivity index (χ4v) is 3.53. The number of carbonyl (C=O) groups is 1. The van der Waals surface area contributed by atoms with Crippen LogP contribution >= 0.6 is 23.2 Å². The Hall–Kier alpha value is -1.71. The lowest BCUT2D eigenvalue weighted by Crippen LogP contribution is -2.49. The Morgan fingerprint density at radius 1 is 1.04 bits per heavy atom. The number of para-hydroxylation sites is 1. The maximum absolute atomic E-state index is 12.5. The molecule has 1 amide bonds. The van der Waals surface area contributed by atoms with Gasteiger partial charge in [0.25, 0.3) is 0 Å². The molecule has 3 rings (SSSR count). The van der Waals surface area contributed by atoms with E-state index >= 15 is 0 Å². The molecular weight excluding hydrogens is 343 g/mol. The van der Waals surface area contributed by atoms with Gasteiger partial charge in [-0.2, -0.15) is 0 Å². The van der Waals surface area contributed by atoms with Gasteiger partial charge in [0, 0.05) is 41.9 Å². The van der Waals surface area contributed by atoms with Gasteiger partial charge >= 0.3 is 0 Å². The van der Waals surface area contributed by atoms with Crippen LogP contribution in [0.3, 0.4) is 0 Å². The van der Waals surface area contributed by atoms with Crippen molar-refractivity contribution >= 4 is 34.8 Å². The molecule has 24 heavy (non-hydrogen) atoms. The molecule has 1 fully saturated rings. The molecule has 0 aromatic heterocycles. The van der Waals surface area contributed by atoms with Crippen LogP contribution in [0.4, 0.5) is 5.69 Å². The summed E-state index contributed by atoms with van der Waals surface area (Å²) in [5.74, 6) is 0.114. The van der Waals surface area contributed by atoms with E-state index in [1.54, 1.807) is 12.1 Å². The minimum absolute atomic E-state index is 0.114. The van der Waals surface area contributed by atoms with Crippen molar-refractivity contribution in [3.05, 3.63) is 63.6 Å². The highest BCUT2D eigenvalue weighted by atomic mass is 35.5. The first-order valence-electron chi connectivity index (χ1n) is 8.07. The van der Waals surface area contributed by atoms with Crippen molar-refractivity contribution in [1.82, 2.24) is 4.90 Å². The van der Waals surface area contributed by atoms with Gasteiger partial charge in [-0.05, 0) is 36.2 Å². The van der Waals surface area contributed by atoms with Crippen molar-refractivity contribution in [2.45, 2.75) is 13.3 Å². The number of benzene rings is 2. The van der Waals surface area contributed by atoms with E-state index in [9.17, 15) is 4.79 Å². The lowest BCUT2D eigenvalue weighted by molar-refractivity contribution is -0.130. The topological polar surface area (TPSA) is 23.6 Å². The van der Waals surface area contributed by atoms with Gasteiger partial charge in [0.15, 0.2) is 0 Å². The Morgan fingerprint density at radius 3 is 2.42 bits per heavy atom. The summed E-state index contributed by atoms with van der Waals surface area (Å²) < 4.78 is 0. The molecule has 0 spiro atoms. The molecule has 0 unspecified atom stereocenters. The molecule has 3 nitrogen and oxygen atoms in total. The van der Waals surface area contributed by atoms with E-state index in [4.69, 9.17) is 23.2 Å². The predicted octanol–water partition coefficient (Wildman–Crippen LogP) is 4.19. The molecular formula is C19H20Cl2N2O. The monoisotopic (exact) mass is 362 g/mol. The van der Waals surface area contributed by atoms with Gasteiger partial charge in [0.2, 0.25) is 5.91 Å². The van der Waals surface area contributed by atoms with Gasteiger partial charge in [-0.1, -0.05) is 47.5 Å². The van der Waals surface area contributed by atoms with Crippen LogP contribution in [-0.2, 0) is 11.2 Å². The molecule has 2 aromatic carbocycles. The van der Waals surface area contributed by atoms with Crippen molar-refractivity contribution in [2.75, 3.05) is 31.1 Å². The molecule has 0 saturated carbocycles. The number of aryl methyl sites for hydroxylation is 1. The van der Waals surface area contributed by atoms with Crippen molar-refractivity contribution in [3.8, 4) is 0 Å². The lowest BCUT2D eigenvalue weighted by Gasteiger charge is -2.37. The number of hydrogen-bond donors (Lipinski definition) is 0. The van der Waals surface area contributed by atoms with Crippen LogP contribution in [0.15, 0.2) is 42.5 Å². The normalized spacial score (nSPS) is 14.8. The summed E-state index contributed by atoms with van der Waals surface area (Å²) in [6, 6.07) is 13.6. The number of hydrogen-bond acceptors (Lipinski definition) is 2. The Morgan fingerprint density at radius 2 is 1.75 bits per heavy atom. The van der Waals surface area contributed by atoms with Crippen molar-refractivity contribution in [1.29, 1.82) is 0 Å². The zero-order valence-corrected chi connectivity index (χ0v) is 15.1. The molecule has 0 N–H and O–H groups in total. The third kappa shape index (κ3) is 3.85. The van der Waals surface area contributed by atoms with E-state index in [2.05, 4.69) is 36.1 Å². The van der Waals surface area contributed by atoms with E-state index in [0.717, 1.165) is 31.7 Å². The fraction of sp³-hybridized carbons (Fsp3) is 0.316. The third-order valence-corrected chi connectivity index (χ3v) is 5.03. The summed E-state index contributed by atoms with van der Waals surface area (Å²) in [4.78, 5) is 16.8. The second kappa shape index (κ2) is 7.45. The lowest BCUT2D eigenvalue weighted by atomic mass is 10.1. The van der Waals surface area contributed by atoms with Crippen LogP contribution in [0.2, 0.25) is 10.0 Å². The van der Waals surface area contributed by atoms with Crippen molar-refractivity contribution in [3.63, 3.8) is 0 Å². The molecule has 0 bridgehead atoms. The minimum Gasteiger partial charge on any atom is -0.368 e. The summed E-state index contributed by atoms with van der Waals surface area (Å²) in [6.07, 6.45) is 0.320. The highest BCUT2D eigenvalue weighted by Crippen LogP contribution is 2.23. The van der Waals surface area contributed by atoms with Gasteiger partial charge in [0.1, 0.15) is 0 Å². The SMILES string of the molecule is Cc1ccccc1N1CCN(C(=O)Cc2ccc(Cl)cc2Cl)CC1. The van der Waals surface area contributed by atoms with Crippen LogP contribution in [0.25, 0.3) is 0 Å². The Balaban J connectivity index is 1.60. The smallest absolute Gasteiger partial charge is 0.227 e. The van der Waals surface area contributed by atoms with Crippen molar-refractivity contribution < 1.29 is 4.79 Å². The van der Waals surface area contributed by atoms with Crippen LogP contribution < -0.4 is 4.90 Å². The second-order valence-electron chi connectivity index (χ2n) is 6.07. The maximum Gasteiger partial charge on any atom is 0.227 e. The number of rotatable bonds is 3. The summed E-state index contributed by atoms with van der Waals surface area (Å²) in [5, 5.41) is 1.14. The standard InChI is InChI=1S/C19H20Cl2N2O/c1-14-4-2-3-5-18(14)22-8-10-23(11-9-22)19(24)12-15-6-7-16(20)13-17(15)21/h2-7,13H,8-12H2,1H3. The van der Waals surface area contributed by atoms with E-state index in [1.165, 1.54) is 11.3 Å². The molecule has 1 aliphatic rings. The third-order valence-electron chi connectivity index (χ3n) is 4.45. The number of nitrogens with zero attached hydrogens (tertiary/aromatic N) is 2. The zero-order chi connectivity index (χ0) is 17.1. The Labute approximate surface area is 152 Å². The number of carbonyl (C=O) groups excluding carboxylic acids is 1. The second-order valence-corrected chi connectivity index (χ2v) is 6.91. The largest absolute Gasteiger partial charge is 0.368 e. The summed E-state index contributed by atoms with van der Waals surface area (Å²) in [6.45, 7) is 5.29. The molecule has 1 aliphatic heterocycles. The summed E-state index contributed by atoms with van der Waals surface area (Å²) >= 11 is 12.1. The first-order chi connectivity index (χ1) is 11.5. The Bertz CT molecular complexity index is 740. The molecule has 0 atom stereocenters. The van der Waals surface area contributed by atoms with Crippen LogP contribution in [0.1, 0.15) is 11.1 Å². The van der Waals surface area contributed by atoms with Gasteiger partial charge < -0.3 is 9.80 Å². The van der Waals surface area contributed by atoms with Gasteiger partial charge in [0.05, 0.1) is 6.42 Å². The van der Waals surface area contributed by atoms with Gasteiger partial charge in [-0.3, -0.25) is 4.79 Å². The Kier molecular flexibility index (Phi) is 5.32. The van der Waals surface area contributed by atoms with Gasteiger partial charge in [-0.15, -0.1) is 0 Å². The highest BCUT2D eigenvalue weighted by Gasteiger charge is 2.22. The van der Waals surface area contributed by atoms with E-state index in [1.807, 2.05) is 11.0 Å². The van der Waals surface area contributed by atoms with E-state index in [-0.39, 0.29) is 5.91 Å². The molecule has 2 aromatic rings.